The summed E-state index contributed by atoms with van der Waals surface area (Å²) in [6.07, 6.45) is -1.38. The van der Waals surface area contributed by atoms with Crippen LogP contribution in [0.25, 0.3) is 0 Å². The van der Waals surface area contributed by atoms with Gasteiger partial charge in [-0.05, 0) is 16.5 Å². The van der Waals surface area contributed by atoms with Gasteiger partial charge in [-0.1, -0.05) is 81.4 Å². The van der Waals surface area contributed by atoms with E-state index in [9.17, 15) is 9.90 Å². The Morgan fingerprint density at radius 1 is 1.08 bits per heavy atom. The number of nitrogens with zero attached hydrogens (tertiary/aromatic N) is 1. The maximum Gasteiger partial charge on any atom is 0.266 e. The third-order valence-electron chi connectivity index (χ3n) is 4.83. The first-order valence-corrected chi connectivity index (χ1v) is 8.53. The minimum absolute atomic E-state index is 0.321. The van der Waals surface area contributed by atoms with Crippen LogP contribution in [0.2, 0.25) is 0 Å². The number of carbonyl (C=O) groups is 1. The van der Waals surface area contributed by atoms with E-state index in [-0.39, 0.29) is 0 Å². The summed E-state index contributed by atoms with van der Waals surface area (Å²) in [5.41, 5.74) is -1.42. The number of amides is 1. The van der Waals surface area contributed by atoms with Gasteiger partial charge in [0.25, 0.3) is 5.91 Å². The van der Waals surface area contributed by atoms with Gasteiger partial charge in [-0.2, -0.15) is 0 Å². The zero-order chi connectivity index (χ0) is 18.2. The van der Waals surface area contributed by atoms with Crippen LogP contribution in [0.3, 0.4) is 0 Å². The highest BCUT2D eigenvalue weighted by Crippen LogP contribution is 2.52. The first-order chi connectivity index (χ1) is 11.8. The molecule has 2 aromatic carbocycles. The Bertz CT molecular complexity index is 741. The molecule has 4 heteroatoms. The molecule has 1 aliphatic heterocycles. The average molecular weight is 341 g/mol. The molecule has 0 spiro atoms. The van der Waals surface area contributed by atoms with Crippen molar-refractivity contribution in [3.63, 3.8) is 0 Å². The predicted octanol–water partition coefficient (Wildman–Crippen LogP) is 3.89. The van der Waals surface area contributed by atoms with Crippen LogP contribution in [0.4, 0.5) is 4.39 Å². The molecule has 1 N–H and O–H groups in total. The fraction of sp³-hybridized carbons (Fsp3) is 0.381. The molecule has 3 rings (SSSR count). The fourth-order valence-electron chi connectivity index (χ4n) is 3.51. The number of aliphatic hydroxyl groups excluding tert-OH is 1. The SMILES string of the molecule is CC(C)(C)C(O)[C@]1(F)C(=O)N(Cc2ccccc2)[C@H]1c1ccccc1. The van der Waals surface area contributed by atoms with E-state index in [0.717, 1.165) is 5.56 Å². The Morgan fingerprint density at radius 2 is 1.60 bits per heavy atom. The number of benzene rings is 2. The number of likely N-dealkylation sites (tertiary alicyclic amines) is 1. The van der Waals surface area contributed by atoms with Gasteiger partial charge in [0, 0.05) is 6.54 Å². The molecule has 2 aromatic rings. The van der Waals surface area contributed by atoms with Gasteiger partial charge >= 0.3 is 0 Å². The molecule has 0 bridgehead atoms. The average Bonchev–Trinajstić information content (AvgIpc) is 2.61. The number of hydrogen-bond acceptors (Lipinski definition) is 2. The highest BCUT2D eigenvalue weighted by molar-refractivity contribution is 5.94. The van der Waals surface area contributed by atoms with Crippen molar-refractivity contribution >= 4 is 5.91 Å². The summed E-state index contributed by atoms with van der Waals surface area (Å²) in [5, 5.41) is 10.6. The molecule has 0 radical (unpaired) electrons. The highest BCUT2D eigenvalue weighted by atomic mass is 19.1. The van der Waals surface area contributed by atoms with Crippen molar-refractivity contribution in [1.29, 1.82) is 0 Å². The van der Waals surface area contributed by atoms with Gasteiger partial charge in [0.05, 0.1) is 0 Å². The number of rotatable bonds is 4. The molecule has 25 heavy (non-hydrogen) atoms. The lowest BCUT2D eigenvalue weighted by molar-refractivity contribution is -0.207. The van der Waals surface area contributed by atoms with Gasteiger partial charge < -0.3 is 10.0 Å². The van der Waals surface area contributed by atoms with Crippen molar-refractivity contribution in [2.24, 2.45) is 5.41 Å². The van der Waals surface area contributed by atoms with Crippen LogP contribution in [-0.4, -0.2) is 27.7 Å². The Morgan fingerprint density at radius 3 is 2.12 bits per heavy atom. The van der Waals surface area contributed by atoms with E-state index in [4.69, 9.17) is 0 Å². The van der Waals surface area contributed by atoms with Crippen molar-refractivity contribution in [3.05, 3.63) is 71.8 Å². The second-order valence-corrected chi connectivity index (χ2v) is 7.77. The summed E-state index contributed by atoms with van der Waals surface area (Å²) in [7, 11) is 0. The molecule has 1 heterocycles. The van der Waals surface area contributed by atoms with Crippen LogP contribution in [0.5, 0.6) is 0 Å². The van der Waals surface area contributed by atoms with E-state index in [2.05, 4.69) is 0 Å². The van der Waals surface area contributed by atoms with Crippen molar-refractivity contribution in [3.8, 4) is 0 Å². The molecule has 1 fully saturated rings. The van der Waals surface area contributed by atoms with E-state index >= 15 is 4.39 Å². The third kappa shape index (κ3) is 2.95. The first kappa shape index (κ1) is 17.6. The molecular weight excluding hydrogens is 317 g/mol. The van der Waals surface area contributed by atoms with Gasteiger partial charge in [-0.3, -0.25) is 4.79 Å². The largest absolute Gasteiger partial charge is 0.389 e. The number of β-lactam (4-membered cyclic amide) rings is 1. The van der Waals surface area contributed by atoms with E-state index in [1.54, 1.807) is 32.9 Å². The van der Waals surface area contributed by atoms with E-state index < -0.39 is 29.1 Å². The molecule has 1 saturated heterocycles. The molecule has 1 unspecified atom stereocenters. The third-order valence-corrected chi connectivity index (χ3v) is 4.83. The predicted molar refractivity (Wildman–Crippen MR) is 95.5 cm³/mol. The van der Waals surface area contributed by atoms with Crippen LogP contribution < -0.4 is 0 Å². The van der Waals surface area contributed by atoms with E-state index in [1.165, 1.54) is 4.90 Å². The summed E-state index contributed by atoms with van der Waals surface area (Å²) >= 11 is 0. The Balaban J connectivity index is 1.98. The minimum Gasteiger partial charge on any atom is -0.389 e. The van der Waals surface area contributed by atoms with Crippen LogP contribution in [0.15, 0.2) is 60.7 Å². The van der Waals surface area contributed by atoms with Crippen LogP contribution in [0.1, 0.15) is 37.9 Å². The summed E-state index contributed by atoms with van der Waals surface area (Å²) in [6.45, 7) is 5.55. The summed E-state index contributed by atoms with van der Waals surface area (Å²) in [6, 6.07) is 17.8. The monoisotopic (exact) mass is 341 g/mol. The van der Waals surface area contributed by atoms with Crippen LogP contribution in [-0.2, 0) is 11.3 Å². The van der Waals surface area contributed by atoms with Gasteiger partial charge in [0.15, 0.2) is 0 Å². The zero-order valence-electron chi connectivity index (χ0n) is 14.8. The Kier molecular flexibility index (Phi) is 4.41. The van der Waals surface area contributed by atoms with Crippen molar-refractivity contribution in [2.45, 2.75) is 45.1 Å². The second kappa shape index (κ2) is 6.26. The lowest BCUT2D eigenvalue weighted by Crippen LogP contribution is -2.72. The minimum atomic E-state index is -2.31. The van der Waals surface area contributed by atoms with Crippen molar-refractivity contribution in [2.75, 3.05) is 0 Å². The molecule has 0 saturated carbocycles. The van der Waals surface area contributed by atoms with Gasteiger partial charge in [0.1, 0.15) is 12.1 Å². The van der Waals surface area contributed by atoms with Crippen LogP contribution >= 0.6 is 0 Å². The number of aliphatic hydroxyl groups is 1. The topological polar surface area (TPSA) is 40.5 Å². The molecule has 3 atom stereocenters. The van der Waals surface area contributed by atoms with Gasteiger partial charge in [-0.25, -0.2) is 4.39 Å². The Hall–Kier alpha value is -2.20. The maximum absolute atomic E-state index is 15.9. The smallest absolute Gasteiger partial charge is 0.266 e. The summed E-state index contributed by atoms with van der Waals surface area (Å²) in [4.78, 5) is 14.3. The number of halogens is 1. The van der Waals surface area contributed by atoms with Crippen molar-refractivity contribution in [1.82, 2.24) is 4.90 Å². The lowest BCUT2D eigenvalue weighted by Gasteiger charge is -2.55. The van der Waals surface area contributed by atoms with Gasteiger partial charge in [0.2, 0.25) is 5.67 Å². The number of carbonyl (C=O) groups excluding carboxylic acids is 1. The van der Waals surface area contributed by atoms with Crippen LogP contribution in [0, 0.1) is 5.41 Å². The standard InChI is InChI=1S/C21H24FNO2/c1-20(2,3)18(24)21(22)17(16-12-8-5-9-13-16)23(19(21)25)14-15-10-6-4-7-11-15/h4-13,17-18,24H,14H2,1-3H3/t17-,18?,21-/m0/s1. The Labute approximate surface area is 148 Å². The molecular formula is C21H24FNO2. The van der Waals surface area contributed by atoms with E-state index in [0.29, 0.717) is 12.1 Å². The van der Waals surface area contributed by atoms with Crippen molar-refractivity contribution < 1.29 is 14.3 Å². The zero-order valence-corrected chi connectivity index (χ0v) is 14.8. The second-order valence-electron chi connectivity index (χ2n) is 7.77. The normalized spacial score (nSPS) is 24.8. The summed E-state index contributed by atoms with van der Waals surface area (Å²) < 4.78 is 15.9. The first-order valence-electron chi connectivity index (χ1n) is 8.53. The van der Waals surface area contributed by atoms with Gasteiger partial charge in [-0.15, -0.1) is 0 Å². The molecule has 1 aliphatic rings. The lowest BCUT2D eigenvalue weighted by atomic mass is 9.68. The quantitative estimate of drug-likeness (QED) is 0.857. The van der Waals surface area contributed by atoms with E-state index in [1.807, 2.05) is 48.5 Å². The highest BCUT2D eigenvalue weighted by Gasteiger charge is 2.68. The number of alkyl halides is 1. The fourth-order valence-corrected chi connectivity index (χ4v) is 3.51. The molecule has 0 aromatic heterocycles. The maximum atomic E-state index is 15.9. The number of hydrogen-bond donors (Lipinski definition) is 1. The molecule has 132 valence electrons. The summed E-state index contributed by atoms with van der Waals surface area (Å²) in [5.74, 6) is -0.646. The molecule has 0 aliphatic carbocycles. The molecule has 3 nitrogen and oxygen atoms in total. The molecule has 1 amide bonds.